The van der Waals surface area contributed by atoms with Gasteiger partial charge >= 0.3 is 0 Å². The number of nitrogens with zero attached hydrogens (tertiary/aromatic N) is 3. The highest BCUT2D eigenvalue weighted by atomic mass is 35.5. The molecule has 7 nitrogen and oxygen atoms in total. The quantitative estimate of drug-likeness (QED) is 0.469. The van der Waals surface area contributed by atoms with Crippen LogP contribution in [0.15, 0.2) is 61.2 Å². The zero-order chi connectivity index (χ0) is 22.4. The number of sulfonamides is 1. The standard InChI is InChI=1S/C21H22Cl2N4O3S/c1-31(29,30)27(14-18-19(22)4-2-5-20(18)23)17-8-6-16(7-9-17)21(28)25-10-3-12-26-13-11-24-15-26/h2,4-9,11,13,15H,3,10,12,14H2,1H3,(H,25,28). The summed E-state index contributed by atoms with van der Waals surface area (Å²) in [7, 11) is -3.61. The van der Waals surface area contributed by atoms with Gasteiger partial charge in [-0.2, -0.15) is 0 Å². The number of amides is 1. The number of imidazole rings is 1. The highest BCUT2D eigenvalue weighted by molar-refractivity contribution is 7.92. The SMILES string of the molecule is CS(=O)(=O)N(Cc1c(Cl)cccc1Cl)c1ccc(C(=O)NCCCn2ccnc2)cc1. The van der Waals surface area contributed by atoms with Crippen molar-refractivity contribution in [2.24, 2.45) is 0 Å². The van der Waals surface area contributed by atoms with Crippen LogP contribution in [0.2, 0.25) is 10.0 Å². The number of hydrogen-bond acceptors (Lipinski definition) is 4. The van der Waals surface area contributed by atoms with Crippen LogP contribution in [0.5, 0.6) is 0 Å². The van der Waals surface area contributed by atoms with E-state index in [1.54, 1.807) is 55.0 Å². The van der Waals surface area contributed by atoms with Gasteiger partial charge in [0.1, 0.15) is 0 Å². The number of hydrogen-bond donors (Lipinski definition) is 1. The fourth-order valence-corrected chi connectivity index (χ4v) is 4.38. The van der Waals surface area contributed by atoms with Crippen molar-refractivity contribution in [3.05, 3.63) is 82.4 Å². The molecule has 0 aliphatic carbocycles. The summed E-state index contributed by atoms with van der Waals surface area (Å²) in [6.07, 6.45) is 7.17. The number of rotatable bonds is 9. The fourth-order valence-electron chi connectivity index (χ4n) is 2.99. The molecule has 0 aliphatic rings. The first kappa shape index (κ1) is 23.1. The van der Waals surface area contributed by atoms with Gasteiger partial charge < -0.3 is 9.88 Å². The highest BCUT2D eigenvalue weighted by Gasteiger charge is 2.21. The minimum atomic E-state index is -3.61. The smallest absolute Gasteiger partial charge is 0.251 e. The van der Waals surface area contributed by atoms with E-state index in [0.29, 0.717) is 33.4 Å². The summed E-state index contributed by atoms with van der Waals surface area (Å²) in [5, 5.41) is 3.62. The summed E-state index contributed by atoms with van der Waals surface area (Å²) in [6.45, 7) is 1.25. The Morgan fingerprint density at radius 2 is 1.81 bits per heavy atom. The number of aromatic nitrogens is 2. The van der Waals surface area contributed by atoms with E-state index in [9.17, 15) is 13.2 Å². The van der Waals surface area contributed by atoms with Gasteiger partial charge in [-0.3, -0.25) is 9.10 Å². The minimum absolute atomic E-state index is 0.0167. The van der Waals surface area contributed by atoms with Crippen LogP contribution >= 0.6 is 23.2 Å². The molecule has 1 amide bonds. The lowest BCUT2D eigenvalue weighted by Gasteiger charge is -2.23. The average Bonchev–Trinajstić information content (AvgIpc) is 3.24. The normalized spacial score (nSPS) is 11.3. The first-order valence-corrected chi connectivity index (χ1v) is 12.1. The lowest BCUT2D eigenvalue weighted by atomic mass is 10.1. The zero-order valence-corrected chi connectivity index (χ0v) is 19.2. The second-order valence-corrected chi connectivity index (χ2v) is 9.65. The largest absolute Gasteiger partial charge is 0.352 e. The van der Waals surface area contributed by atoms with E-state index >= 15 is 0 Å². The molecule has 3 aromatic rings. The van der Waals surface area contributed by atoms with Crippen LogP contribution in [-0.2, 0) is 23.1 Å². The number of nitrogens with one attached hydrogen (secondary N) is 1. The maximum atomic E-state index is 12.4. The van der Waals surface area contributed by atoms with Crippen LogP contribution in [0.3, 0.4) is 0 Å². The second kappa shape index (κ2) is 10.2. The minimum Gasteiger partial charge on any atom is -0.352 e. The Labute approximate surface area is 191 Å². The summed E-state index contributed by atoms with van der Waals surface area (Å²) in [4.78, 5) is 16.3. The molecule has 0 fully saturated rings. The molecule has 0 atom stereocenters. The van der Waals surface area contributed by atoms with Crippen LogP contribution in [0.4, 0.5) is 5.69 Å². The molecule has 0 aliphatic heterocycles. The molecule has 0 spiro atoms. The van der Waals surface area contributed by atoms with Gasteiger partial charge in [0, 0.05) is 46.7 Å². The molecule has 1 aromatic heterocycles. The lowest BCUT2D eigenvalue weighted by molar-refractivity contribution is 0.0952. The maximum absolute atomic E-state index is 12.4. The summed E-state index contributed by atoms with van der Waals surface area (Å²) < 4.78 is 27.9. The Morgan fingerprint density at radius 3 is 2.39 bits per heavy atom. The molecular weight excluding hydrogens is 459 g/mol. The van der Waals surface area contributed by atoms with E-state index in [1.807, 2.05) is 10.8 Å². The first-order valence-electron chi connectivity index (χ1n) is 9.50. The van der Waals surface area contributed by atoms with E-state index in [0.717, 1.165) is 19.2 Å². The average molecular weight is 481 g/mol. The molecular formula is C21H22Cl2N4O3S. The molecule has 164 valence electrons. The van der Waals surface area contributed by atoms with Gasteiger partial charge in [0.2, 0.25) is 10.0 Å². The molecule has 31 heavy (non-hydrogen) atoms. The molecule has 0 bridgehead atoms. The van der Waals surface area contributed by atoms with Crippen molar-refractivity contribution in [1.29, 1.82) is 0 Å². The van der Waals surface area contributed by atoms with E-state index in [2.05, 4.69) is 10.3 Å². The molecule has 2 aromatic carbocycles. The zero-order valence-electron chi connectivity index (χ0n) is 16.8. The van der Waals surface area contributed by atoms with Gasteiger partial charge in [0.25, 0.3) is 5.91 Å². The second-order valence-electron chi connectivity index (χ2n) is 6.93. The predicted molar refractivity (Wildman–Crippen MR) is 123 cm³/mol. The van der Waals surface area contributed by atoms with Crippen molar-refractivity contribution in [2.45, 2.75) is 19.5 Å². The van der Waals surface area contributed by atoms with Crippen LogP contribution in [0.25, 0.3) is 0 Å². The number of carbonyl (C=O) groups is 1. The monoisotopic (exact) mass is 480 g/mol. The maximum Gasteiger partial charge on any atom is 0.251 e. The number of benzene rings is 2. The topological polar surface area (TPSA) is 84.3 Å². The van der Waals surface area contributed by atoms with Crippen LogP contribution in [0.1, 0.15) is 22.3 Å². The molecule has 1 N–H and O–H groups in total. The molecule has 0 unspecified atom stereocenters. The van der Waals surface area contributed by atoms with E-state index in [4.69, 9.17) is 23.2 Å². The third-order valence-corrected chi connectivity index (χ3v) is 6.47. The lowest BCUT2D eigenvalue weighted by Crippen LogP contribution is -2.30. The summed E-state index contributed by atoms with van der Waals surface area (Å²) in [5.41, 5.74) is 1.36. The molecule has 0 radical (unpaired) electrons. The van der Waals surface area contributed by atoms with Gasteiger partial charge in [-0.1, -0.05) is 29.3 Å². The predicted octanol–water partition coefficient (Wildman–Crippen LogP) is 3.98. The molecule has 3 rings (SSSR count). The van der Waals surface area contributed by atoms with Crippen molar-refractivity contribution < 1.29 is 13.2 Å². The number of anilines is 1. The van der Waals surface area contributed by atoms with Crippen molar-refractivity contribution in [1.82, 2.24) is 14.9 Å². The fraction of sp³-hybridized carbons (Fsp3) is 0.238. The van der Waals surface area contributed by atoms with E-state index < -0.39 is 10.0 Å². The van der Waals surface area contributed by atoms with Crippen LogP contribution in [-0.4, -0.2) is 36.7 Å². The number of aryl methyl sites for hydroxylation is 1. The summed E-state index contributed by atoms with van der Waals surface area (Å²) >= 11 is 12.4. The molecule has 10 heteroatoms. The summed E-state index contributed by atoms with van der Waals surface area (Å²) in [5.74, 6) is -0.225. The van der Waals surface area contributed by atoms with E-state index in [-0.39, 0.29) is 12.5 Å². The van der Waals surface area contributed by atoms with Crippen molar-refractivity contribution >= 4 is 44.8 Å². The first-order chi connectivity index (χ1) is 14.8. The van der Waals surface area contributed by atoms with Gasteiger partial charge in [0.15, 0.2) is 0 Å². The number of carbonyl (C=O) groups excluding carboxylic acids is 1. The van der Waals surface area contributed by atoms with Crippen LogP contribution in [0, 0.1) is 0 Å². The van der Waals surface area contributed by atoms with Crippen molar-refractivity contribution in [3.63, 3.8) is 0 Å². The van der Waals surface area contributed by atoms with Crippen molar-refractivity contribution in [2.75, 3.05) is 17.1 Å². The van der Waals surface area contributed by atoms with E-state index in [1.165, 1.54) is 4.31 Å². The Kier molecular flexibility index (Phi) is 7.59. The third-order valence-electron chi connectivity index (χ3n) is 4.62. The van der Waals surface area contributed by atoms with Gasteiger partial charge in [-0.15, -0.1) is 0 Å². The molecule has 1 heterocycles. The van der Waals surface area contributed by atoms with Gasteiger partial charge in [-0.05, 0) is 42.8 Å². The Balaban J connectivity index is 1.67. The number of halogens is 2. The highest BCUT2D eigenvalue weighted by Crippen LogP contribution is 2.29. The molecule has 0 saturated carbocycles. The third kappa shape index (κ3) is 6.22. The van der Waals surface area contributed by atoms with Gasteiger partial charge in [-0.25, -0.2) is 13.4 Å². The molecule has 0 saturated heterocycles. The van der Waals surface area contributed by atoms with Gasteiger partial charge in [0.05, 0.1) is 24.8 Å². The Morgan fingerprint density at radius 1 is 1.13 bits per heavy atom. The van der Waals surface area contributed by atoms with Crippen molar-refractivity contribution in [3.8, 4) is 0 Å². The summed E-state index contributed by atoms with van der Waals surface area (Å²) in [6, 6.07) is 11.4. The Bertz CT molecular complexity index is 1110. The van der Waals surface area contributed by atoms with Crippen LogP contribution < -0.4 is 9.62 Å². The Hall–Kier alpha value is -2.55.